The van der Waals surface area contributed by atoms with Crippen molar-refractivity contribution in [2.45, 2.75) is 19.9 Å². The minimum absolute atomic E-state index is 0.127. The minimum atomic E-state index is -0.171. The lowest BCUT2D eigenvalue weighted by Crippen LogP contribution is -2.27. The molecule has 0 bridgehead atoms. The number of fused-ring (bicyclic) bond motifs is 1. The number of carbonyl (C=O) groups excluding carboxylic acids is 1. The molecule has 1 unspecified atom stereocenters. The maximum Gasteiger partial charge on any atom is 0.252 e. The van der Waals surface area contributed by atoms with Crippen molar-refractivity contribution in [3.05, 3.63) is 108 Å². The molecule has 0 spiro atoms. The van der Waals surface area contributed by atoms with Gasteiger partial charge in [-0.25, -0.2) is 14.6 Å². The molecule has 5 rings (SSSR count). The summed E-state index contributed by atoms with van der Waals surface area (Å²) in [6, 6.07) is 25.6. The van der Waals surface area contributed by atoms with Crippen molar-refractivity contribution in [3.63, 3.8) is 0 Å². The summed E-state index contributed by atoms with van der Waals surface area (Å²) in [5, 5.41) is 8.15. The first-order valence-corrected chi connectivity index (χ1v) is 10.8. The van der Waals surface area contributed by atoms with Gasteiger partial charge in [0.2, 0.25) is 0 Å². The van der Waals surface area contributed by atoms with Gasteiger partial charge in [0.05, 0.1) is 28.5 Å². The first-order valence-electron chi connectivity index (χ1n) is 10.8. The molecule has 0 aliphatic heterocycles. The predicted molar refractivity (Wildman–Crippen MR) is 129 cm³/mol. The normalized spacial score (nSPS) is 11.9. The van der Waals surface area contributed by atoms with Crippen LogP contribution in [0.1, 0.15) is 34.5 Å². The number of pyridine rings is 1. The van der Waals surface area contributed by atoms with Gasteiger partial charge < -0.3 is 5.32 Å². The molecule has 6 nitrogen and oxygen atoms in total. The number of nitrogens with one attached hydrogen (secondary N) is 1. The summed E-state index contributed by atoms with van der Waals surface area (Å²) in [7, 11) is 0. The second-order valence-electron chi connectivity index (χ2n) is 8.07. The van der Waals surface area contributed by atoms with E-state index in [9.17, 15) is 4.79 Å². The summed E-state index contributed by atoms with van der Waals surface area (Å²) in [5.41, 5.74) is 6.18. The van der Waals surface area contributed by atoms with Crippen molar-refractivity contribution in [1.29, 1.82) is 0 Å². The molecule has 0 saturated heterocycles. The van der Waals surface area contributed by atoms with Crippen LogP contribution in [0, 0.1) is 6.92 Å². The van der Waals surface area contributed by atoms with Crippen LogP contribution >= 0.6 is 0 Å². The highest BCUT2D eigenvalue weighted by molar-refractivity contribution is 6.07. The number of benzene rings is 3. The molecule has 0 aliphatic rings. The van der Waals surface area contributed by atoms with Crippen LogP contribution in [0.2, 0.25) is 0 Å². The topological polar surface area (TPSA) is 72.7 Å². The second-order valence-corrected chi connectivity index (χ2v) is 8.07. The zero-order valence-corrected chi connectivity index (χ0v) is 18.4. The molecule has 2 heterocycles. The van der Waals surface area contributed by atoms with Crippen LogP contribution in [0.5, 0.6) is 0 Å². The fraction of sp³-hybridized carbons (Fsp3) is 0.111. The number of hydrogen-bond acceptors (Lipinski definition) is 4. The second kappa shape index (κ2) is 8.67. The van der Waals surface area contributed by atoms with E-state index in [2.05, 4.69) is 15.4 Å². The van der Waals surface area contributed by atoms with E-state index in [4.69, 9.17) is 4.98 Å². The van der Waals surface area contributed by atoms with E-state index in [0.29, 0.717) is 5.56 Å². The first kappa shape index (κ1) is 20.6. The molecule has 1 N–H and O–H groups in total. The van der Waals surface area contributed by atoms with Crippen molar-refractivity contribution in [2.24, 2.45) is 0 Å². The Morgan fingerprint density at radius 1 is 0.970 bits per heavy atom. The summed E-state index contributed by atoms with van der Waals surface area (Å²) in [4.78, 5) is 22.2. The Balaban J connectivity index is 1.46. The molecular weight excluding hydrogens is 410 g/mol. The van der Waals surface area contributed by atoms with E-state index in [1.807, 2.05) is 92.7 Å². The zero-order chi connectivity index (χ0) is 22.8. The number of rotatable bonds is 5. The molecule has 0 fully saturated rings. The first-order chi connectivity index (χ1) is 16.1. The van der Waals surface area contributed by atoms with Gasteiger partial charge in [0.1, 0.15) is 12.7 Å². The van der Waals surface area contributed by atoms with Gasteiger partial charge in [-0.3, -0.25) is 4.79 Å². The lowest BCUT2D eigenvalue weighted by Gasteiger charge is -2.17. The van der Waals surface area contributed by atoms with Crippen molar-refractivity contribution >= 4 is 16.8 Å². The van der Waals surface area contributed by atoms with Crippen LogP contribution in [-0.2, 0) is 0 Å². The summed E-state index contributed by atoms with van der Waals surface area (Å²) >= 11 is 0. The Labute approximate surface area is 192 Å². The zero-order valence-electron chi connectivity index (χ0n) is 18.4. The van der Waals surface area contributed by atoms with Gasteiger partial charge in [-0.1, -0.05) is 54.1 Å². The number of aromatic nitrogens is 4. The molecule has 1 amide bonds. The Kier molecular flexibility index (Phi) is 5.40. The standard InChI is InChI=1S/C27H23N5O/c1-18-8-13-25-23(14-18)24(15-26(31-25)21-6-4-3-5-7-21)27(33)30-19(2)20-9-11-22(12-10-20)32-17-28-16-29-32/h3-17,19H,1-2H3,(H,30,33). The van der Waals surface area contributed by atoms with E-state index in [1.54, 1.807) is 11.0 Å². The number of aryl methyl sites for hydroxylation is 1. The SMILES string of the molecule is Cc1ccc2nc(-c3ccccc3)cc(C(=O)NC(C)c3ccc(-n4cncn4)cc3)c2c1. The largest absolute Gasteiger partial charge is 0.345 e. The van der Waals surface area contributed by atoms with Crippen LogP contribution in [0.4, 0.5) is 0 Å². The van der Waals surface area contributed by atoms with Gasteiger partial charge in [0.15, 0.2) is 0 Å². The van der Waals surface area contributed by atoms with Crippen molar-refractivity contribution in [2.75, 3.05) is 0 Å². The number of amides is 1. The maximum absolute atomic E-state index is 13.4. The third kappa shape index (κ3) is 4.23. The van der Waals surface area contributed by atoms with Crippen LogP contribution in [0.25, 0.3) is 27.8 Å². The maximum atomic E-state index is 13.4. The smallest absolute Gasteiger partial charge is 0.252 e. The van der Waals surface area contributed by atoms with Crippen LogP contribution in [0.3, 0.4) is 0 Å². The quantitative estimate of drug-likeness (QED) is 0.409. The molecule has 0 radical (unpaired) electrons. The average molecular weight is 434 g/mol. The lowest BCUT2D eigenvalue weighted by molar-refractivity contribution is 0.0941. The monoisotopic (exact) mass is 433 g/mol. The van der Waals surface area contributed by atoms with Gasteiger partial charge in [0, 0.05) is 10.9 Å². The summed E-state index contributed by atoms with van der Waals surface area (Å²) < 4.78 is 1.70. The fourth-order valence-corrected chi connectivity index (χ4v) is 3.90. The molecule has 1 atom stereocenters. The van der Waals surface area contributed by atoms with Crippen molar-refractivity contribution in [3.8, 4) is 16.9 Å². The summed E-state index contributed by atoms with van der Waals surface area (Å²) in [6.07, 6.45) is 3.16. The van der Waals surface area contributed by atoms with E-state index in [0.717, 1.165) is 39.0 Å². The van der Waals surface area contributed by atoms with Gasteiger partial charge in [-0.15, -0.1) is 0 Å². The van der Waals surface area contributed by atoms with E-state index >= 15 is 0 Å². The molecule has 6 heteroatoms. The highest BCUT2D eigenvalue weighted by atomic mass is 16.1. The highest BCUT2D eigenvalue weighted by Crippen LogP contribution is 2.26. The lowest BCUT2D eigenvalue weighted by atomic mass is 10.0. The number of hydrogen-bond donors (Lipinski definition) is 1. The van der Waals surface area contributed by atoms with Crippen LogP contribution in [0.15, 0.2) is 91.5 Å². The average Bonchev–Trinajstić information content (AvgIpc) is 3.39. The number of carbonyl (C=O) groups is 1. The third-order valence-corrected chi connectivity index (χ3v) is 5.70. The van der Waals surface area contributed by atoms with Gasteiger partial charge in [-0.2, -0.15) is 5.10 Å². The molecule has 5 aromatic rings. The summed E-state index contributed by atoms with van der Waals surface area (Å²) in [6.45, 7) is 4.00. The molecule has 0 saturated carbocycles. The molecule has 3 aromatic carbocycles. The van der Waals surface area contributed by atoms with E-state index in [-0.39, 0.29) is 11.9 Å². The van der Waals surface area contributed by atoms with Gasteiger partial charge in [-0.05, 0) is 49.7 Å². The molecular formula is C27H23N5O. The van der Waals surface area contributed by atoms with Crippen LogP contribution in [-0.4, -0.2) is 25.7 Å². The molecule has 0 aliphatic carbocycles. The Morgan fingerprint density at radius 2 is 1.76 bits per heavy atom. The minimum Gasteiger partial charge on any atom is -0.345 e. The summed E-state index contributed by atoms with van der Waals surface area (Å²) in [5.74, 6) is -0.127. The van der Waals surface area contributed by atoms with Crippen molar-refractivity contribution in [1.82, 2.24) is 25.1 Å². The van der Waals surface area contributed by atoms with Gasteiger partial charge >= 0.3 is 0 Å². The van der Waals surface area contributed by atoms with E-state index in [1.165, 1.54) is 6.33 Å². The Morgan fingerprint density at radius 3 is 2.48 bits per heavy atom. The number of nitrogens with zero attached hydrogens (tertiary/aromatic N) is 4. The fourth-order valence-electron chi connectivity index (χ4n) is 3.90. The predicted octanol–water partition coefficient (Wildman–Crippen LogP) is 5.28. The van der Waals surface area contributed by atoms with E-state index < -0.39 is 0 Å². The molecule has 33 heavy (non-hydrogen) atoms. The van der Waals surface area contributed by atoms with Gasteiger partial charge in [0.25, 0.3) is 5.91 Å². The van der Waals surface area contributed by atoms with Crippen molar-refractivity contribution < 1.29 is 4.79 Å². The molecule has 2 aromatic heterocycles. The third-order valence-electron chi connectivity index (χ3n) is 5.70. The Hall–Kier alpha value is -4.32. The molecule has 162 valence electrons. The van der Waals surface area contributed by atoms with Crippen LogP contribution < -0.4 is 5.32 Å². The Bertz CT molecular complexity index is 1410. The highest BCUT2D eigenvalue weighted by Gasteiger charge is 2.17.